The van der Waals surface area contributed by atoms with E-state index >= 15 is 0 Å². The third-order valence-electron chi connectivity index (χ3n) is 2.65. The fraction of sp³-hybridized carbons (Fsp3) is 0.667. The molecule has 0 aliphatic rings. The summed E-state index contributed by atoms with van der Waals surface area (Å²) in [5, 5.41) is 10.9. The van der Waals surface area contributed by atoms with Crippen molar-refractivity contribution in [1.82, 2.24) is 5.32 Å². The maximum atomic E-state index is 11.7. The predicted molar refractivity (Wildman–Crippen MR) is 70.0 cm³/mol. The molecular weight excluding hydrogens is 284 g/mol. The molecule has 0 bridgehead atoms. The van der Waals surface area contributed by atoms with E-state index in [1.54, 1.807) is 0 Å². The Morgan fingerprint density at radius 2 is 1.62 bits per heavy atom. The summed E-state index contributed by atoms with van der Waals surface area (Å²) in [5.74, 6) is -3.00. The monoisotopic (exact) mass is 304 g/mol. The highest BCUT2D eigenvalue weighted by atomic mass is 16.5. The van der Waals surface area contributed by atoms with Crippen LogP contribution in [-0.4, -0.2) is 55.2 Å². The quantitative estimate of drug-likeness (QED) is 0.450. The van der Waals surface area contributed by atoms with Gasteiger partial charge in [-0.2, -0.15) is 0 Å². The molecule has 0 spiro atoms. The molecule has 120 valence electrons. The van der Waals surface area contributed by atoms with E-state index in [1.165, 1.54) is 7.11 Å². The molecule has 4 N–H and O–H groups in total. The van der Waals surface area contributed by atoms with Gasteiger partial charge in [-0.05, 0) is 12.8 Å². The van der Waals surface area contributed by atoms with E-state index < -0.39 is 35.9 Å². The van der Waals surface area contributed by atoms with Crippen LogP contribution in [0.1, 0.15) is 25.7 Å². The minimum absolute atomic E-state index is 0.0470. The number of hydrogen-bond acceptors (Lipinski definition) is 7. The first-order valence-electron chi connectivity index (χ1n) is 6.24. The molecule has 0 aliphatic carbocycles. The van der Waals surface area contributed by atoms with E-state index in [9.17, 15) is 19.2 Å². The molecule has 0 heterocycles. The van der Waals surface area contributed by atoms with Crippen LogP contribution >= 0.6 is 0 Å². The van der Waals surface area contributed by atoms with E-state index in [-0.39, 0.29) is 25.7 Å². The maximum absolute atomic E-state index is 11.7. The Balaban J connectivity index is 4.36. The molecule has 0 aliphatic heterocycles. The highest BCUT2D eigenvalue weighted by Gasteiger charge is 2.23. The molecule has 9 heteroatoms. The largest absolute Gasteiger partial charge is 0.481 e. The number of carboxylic acids is 1. The molecule has 21 heavy (non-hydrogen) atoms. The Morgan fingerprint density at radius 1 is 1.05 bits per heavy atom. The number of nitrogens with two attached hydrogens (primary N) is 1. The van der Waals surface area contributed by atoms with Crippen molar-refractivity contribution >= 4 is 23.8 Å². The smallest absolute Gasteiger partial charge is 0.328 e. The summed E-state index contributed by atoms with van der Waals surface area (Å²) in [5.41, 5.74) is 5.47. The second-order valence-corrected chi connectivity index (χ2v) is 4.24. The lowest BCUT2D eigenvalue weighted by atomic mass is 10.1. The average molecular weight is 304 g/mol. The zero-order chi connectivity index (χ0) is 16.4. The van der Waals surface area contributed by atoms with Crippen LogP contribution in [-0.2, 0) is 28.7 Å². The molecule has 0 saturated heterocycles. The van der Waals surface area contributed by atoms with Gasteiger partial charge in [0.1, 0.15) is 12.1 Å². The van der Waals surface area contributed by atoms with Gasteiger partial charge in [0.05, 0.1) is 14.2 Å². The van der Waals surface area contributed by atoms with Crippen LogP contribution in [0.2, 0.25) is 0 Å². The van der Waals surface area contributed by atoms with Crippen LogP contribution in [0.5, 0.6) is 0 Å². The summed E-state index contributed by atoms with van der Waals surface area (Å²) in [6.07, 6.45) is -0.430. The lowest BCUT2D eigenvalue weighted by Crippen LogP contribution is -2.42. The SMILES string of the molecule is COC(=O)[C@H](N)CCC(=O)N[C@H](CCC(=O)O)C(=O)OC. The third kappa shape index (κ3) is 7.88. The average Bonchev–Trinajstić information content (AvgIpc) is 2.46. The zero-order valence-corrected chi connectivity index (χ0v) is 12.0. The number of hydrogen-bond donors (Lipinski definition) is 3. The van der Waals surface area contributed by atoms with Gasteiger partial charge in [-0.15, -0.1) is 0 Å². The van der Waals surface area contributed by atoms with Gasteiger partial charge in [-0.1, -0.05) is 0 Å². The van der Waals surface area contributed by atoms with E-state index in [2.05, 4.69) is 14.8 Å². The molecule has 0 rings (SSSR count). The van der Waals surface area contributed by atoms with Crippen LogP contribution in [0.15, 0.2) is 0 Å². The third-order valence-corrected chi connectivity index (χ3v) is 2.65. The summed E-state index contributed by atoms with van der Waals surface area (Å²) < 4.78 is 8.89. The molecule has 0 saturated carbocycles. The van der Waals surface area contributed by atoms with Crippen molar-refractivity contribution in [3.8, 4) is 0 Å². The number of ether oxygens (including phenoxy) is 2. The van der Waals surface area contributed by atoms with E-state index in [0.717, 1.165) is 7.11 Å². The summed E-state index contributed by atoms with van der Waals surface area (Å²) >= 11 is 0. The van der Waals surface area contributed by atoms with Gasteiger partial charge in [0.2, 0.25) is 5.91 Å². The molecule has 9 nitrogen and oxygen atoms in total. The Labute approximate surface area is 121 Å². The van der Waals surface area contributed by atoms with Crippen LogP contribution in [0.25, 0.3) is 0 Å². The molecule has 1 amide bonds. The normalized spacial score (nSPS) is 12.9. The van der Waals surface area contributed by atoms with Crippen LogP contribution in [0.4, 0.5) is 0 Å². The molecule has 0 fully saturated rings. The lowest BCUT2D eigenvalue weighted by molar-refractivity contribution is -0.146. The van der Waals surface area contributed by atoms with Gasteiger partial charge in [0, 0.05) is 12.8 Å². The molecule has 0 radical (unpaired) electrons. The molecule has 0 unspecified atom stereocenters. The maximum Gasteiger partial charge on any atom is 0.328 e. The number of methoxy groups -OCH3 is 2. The number of carboxylic acid groups (broad SMARTS) is 1. The summed E-state index contributed by atoms with van der Waals surface area (Å²) in [6.45, 7) is 0. The number of esters is 2. The minimum atomic E-state index is -1.09. The number of carbonyl (C=O) groups is 4. The highest BCUT2D eigenvalue weighted by Crippen LogP contribution is 2.03. The topological polar surface area (TPSA) is 145 Å². The van der Waals surface area contributed by atoms with Crippen molar-refractivity contribution in [1.29, 1.82) is 0 Å². The van der Waals surface area contributed by atoms with Gasteiger partial charge >= 0.3 is 17.9 Å². The molecule has 2 atom stereocenters. The van der Waals surface area contributed by atoms with Gasteiger partial charge in [-0.3, -0.25) is 14.4 Å². The summed E-state index contributed by atoms with van der Waals surface area (Å²) in [7, 11) is 2.32. The van der Waals surface area contributed by atoms with Crippen molar-refractivity contribution in [2.24, 2.45) is 5.73 Å². The van der Waals surface area contributed by atoms with Gasteiger partial charge in [0.25, 0.3) is 0 Å². The molecule has 0 aromatic carbocycles. The second kappa shape index (κ2) is 9.70. The fourth-order valence-electron chi connectivity index (χ4n) is 1.48. The van der Waals surface area contributed by atoms with Gasteiger partial charge in [0.15, 0.2) is 0 Å². The van der Waals surface area contributed by atoms with Crippen molar-refractivity contribution in [3.63, 3.8) is 0 Å². The van der Waals surface area contributed by atoms with Gasteiger partial charge in [-0.25, -0.2) is 4.79 Å². The Bertz CT molecular complexity index is 397. The molecule has 0 aromatic heterocycles. The van der Waals surface area contributed by atoms with Crippen molar-refractivity contribution in [3.05, 3.63) is 0 Å². The zero-order valence-electron chi connectivity index (χ0n) is 12.0. The lowest BCUT2D eigenvalue weighted by Gasteiger charge is -2.16. The summed E-state index contributed by atoms with van der Waals surface area (Å²) in [4.78, 5) is 44.6. The number of nitrogens with one attached hydrogen (secondary N) is 1. The van der Waals surface area contributed by atoms with Crippen molar-refractivity contribution < 1.29 is 33.8 Å². The number of carbonyl (C=O) groups excluding carboxylic acids is 3. The van der Waals surface area contributed by atoms with Crippen molar-refractivity contribution in [2.75, 3.05) is 14.2 Å². The number of amides is 1. The first-order valence-corrected chi connectivity index (χ1v) is 6.24. The van der Waals surface area contributed by atoms with E-state index in [1.807, 2.05) is 0 Å². The Morgan fingerprint density at radius 3 is 2.10 bits per heavy atom. The molecule has 0 aromatic rings. The fourth-order valence-corrected chi connectivity index (χ4v) is 1.48. The number of aliphatic carboxylic acids is 1. The highest BCUT2D eigenvalue weighted by molar-refractivity contribution is 5.85. The second-order valence-electron chi connectivity index (χ2n) is 4.24. The summed E-state index contributed by atoms with van der Waals surface area (Å²) in [6, 6.07) is -1.98. The first kappa shape index (κ1) is 18.8. The predicted octanol–water partition coefficient (Wildman–Crippen LogP) is -1.21. The van der Waals surface area contributed by atoms with Crippen molar-refractivity contribution in [2.45, 2.75) is 37.8 Å². The van der Waals surface area contributed by atoms with Crippen LogP contribution < -0.4 is 11.1 Å². The van der Waals surface area contributed by atoms with E-state index in [0.29, 0.717) is 0 Å². The van der Waals surface area contributed by atoms with E-state index in [4.69, 9.17) is 10.8 Å². The Kier molecular flexibility index (Phi) is 8.70. The standard InChI is InChI=1S/C12H20N2O7/c1-20-11(18)7(13)3-5-9(15)14-8(12(19)21-2)4-6-10(16)17/h7-8H,3-6,13H2,1-2H3,(H,14,15)(H,16,17)/t7-,8-/m1/s1. The first-order chi connectivity index (χ1) is 9.81. The van der Waals surface area contributed by atoms with Crippen LogP contribution in [0, 0.1) is 0 Å². The molecular formula is C12H20N2O7. The van der Waals surface area contributed by atoms with Crippen LogP contribution in [0.3, 0.4) is 0 Å². The van der Waals surface area contributed by atoms with Gasteiger partial charge < -0.3 is 25.6 Å². The minimum Gasteiger partial charge on any atom is -0.481 e. The number of rotatable bonds is 9. The Hall–Kier alpha value is -2.16.